The van der Waals surface area contributed by atoms with Crippen molar-refractivity contribution in [1.82, 2.24) is 5.06 Å². The lowest BCUT2D eigenvalue weighted by Gasteiger charge is -2.32. The maximum atomic E-state index is 12.6. The minimum Gasteiger partial charge on any atom is -0.231 e. The number of halogens is 11. The molecule has 0 radical (unpaired) electrons. The van der Waals surface area contributed by atoms with Crippen LogP contribution in [0.3, 0.4) is 0 Å². The van der Waals surface area contributed by atoms with Crippen molar-refractivity contribution in [2.45, 2.75) is 24.5 Å². The van der Waals surface area contributed by atoms with Crippen LogP contribution in [0.4, 0.5) is 53.1 Å². The second kappa shape index (κ2) is 4.64. The van der Waals surface area contributed by atoms with Crippen LogP contribution in [-0.4, -0.2) is 35.7 Å². The molecular weight excluding hydrogens is 315 g/mol. The number of carbonyl (C=O) groups is 1. The molecule has 0 aromatic heterocycles. The Morgan fingerprint density at radius 3 is 1.26 bits per heavy atom. The molecule has 3 nitrogen and oxygen atoms in total. The van der Waals surface area contributed by atoms with Gasteiger partial charge < -0.3 is 0 Å². The smallest absolute Gasteiger partial charge is 0.231 e. The number of alkyl halides is 10. The molecule has 0 aliphatic carbocycles. The number of nitrogens with zero attached hydrogens (tertiary/aromatic N) is 1. The molecule has 0 aliphatic rings. The van der Waals surface area contributed by atoms with Gasteiger partial charge in [-0.1, -0.05) is 5.06 Å². The zero-order chi connectivity index (χ0) is 15.9. The fourth-order valence-corrected chi connectivity index (χ4v) is 0.577. The van der Waals surface area contributed by atoms with Gasteiger partial charge in [0.05, 0.1) is 0 Å². The van der Waals surface area contributed by atoms with Crippen molar-refractivity contribution < 1.29 is 57.9 Å². The molecule has 0 fully saturated rings. The number of carbonyl (C=O) groups excluding carboxylic acids is 1. The van der Waals surface area contributed by atoms with E-state index in [0.29, 0.717) is 0 Å². The van der Waals surface area contributed by atoms with Crippen LogP contribution in [0.15, 0.2) is 0 Å². The molecule has 0 unspecified atom stereocenters. The third-order valence-corrected chi connectivity index (χ3v) is 1.34. The van der Waals surface area contributed by atoms with Crippen molar-refractivity contribution in [3.63, 3.8) is 0 Å². The molecule has 0 saturated heterocycles. The Kier molecular flexibility index (Phi) is 4.32. The summed E-state index contributed by atoms with van der Waals surface area (Å²) in [6, 6.07) is 0. The Morgan fingerprint density at radius 2 is 1.11 bits per heavy atom. The molecule has 0 aliphatic heterocycles. The molecule has 0 bridgehead atoms. The van der Waals surface area contributed by atoms with E-state index in [2.05, 4.69) is 0 Å². The molecule has 0 rings (SSSR count). The van der Waals surface area contributed by atoms with Gasteiger partial charge in [-0.15, -0.1) is 17.6 Å². The van der Waals surface area contributed by atoms with Crippen LogP contribution in [0.25, 0.3) is 0 Å². The minimum atomic E-state index is -7.05. The van der Waals surface area contributed by atoms with E-state index in [1.165, 1.54) is 0 Å². The summed E-state index contributed by atoms with van der Waals surface area (Å²) in [5, 5.41) is -2.96. The quantitative estimate of drug-likeness (QED) is 0.337. The van der Waals surface area contributed by atoms with E-state index in [0.717, 1.165) is 0 Å². The van der Waals surface area contributed by atoms with E-state index < -0.39 is 35.7 Å². The molecule has 14 heteroatoms. The molecule has 0 N–H and O–H groups in total. The van der Waals surface area contributed by atoms with Gasteiger partial charge in [-0.2, -0.15) is 30.7 Å². The van der Waals surface area contributed by atoms with Gasteiger partial charge in [-0.05, 0) is 0 Å². The largest absolute Gasteiger partial charge is 0.513 e. The summed E-state index contributed by atoms with van der Waals surface area (Å²) in [4.78, 5) is 11.5. The lowest BCUT2D eigenvalue weighted by Crippen LogP contribution is -2.60. The number of hydrogen-bond acceptors (Lipinski definition) is 2. The summed E-state index contributed by atoms with van der Waals surface area (Å²) in [7, 11) is 0. The molecular formula is C5F11NO2. The topological polar surface area (TPSA) is 29.5 Å². The fraction of sp³-hybridized carbons (Fsp3) is 0.800. The van der Waals surface area contributed by atoms with E-state index in [9.17, 15) is 53.1 Å². The molecule has 0 aromatic carbocycles. The summed E-state index contributed by atoms with van der Waals surface area (Å²) in [6.07, 6.45) is -24.5. The summed E-state index contributed by atoms with van der Waals surface area (Å²) in [5.41, 5.74) is 0. The first kappa shape index (κ1) is 17.7. The molecule has 0 atom stereocenters. The number of rotatable bonds is 2. The third-order valence-electron chi connectivity index (χ3n) is 1.34. The molecule has 1 amide bonds. The lowest BCUT2D eigenvalue weighted by atomic mass is 10.3. The summed E-state index contributed by atoms with van der Waals surface area (Å²) < 4.78 is 130. The first-order valence-electron chi connectivity index (χ1n) is 3.62. The van der Waals surface area contributed by atoms with Gasteiger partial charge in [-0.25, -0.2) is 9.63 Å². The highest BCUT2D eigenvalue weighted by Gasteiger charge is 2.77. The van der Waals surface area contributed by atoms with Gasteiger partial charge in [0.15, 0.2) is 0 Å². The van der Waals surface area contributed by atoms with Gasteiger partial charge in [0.2, 0.25) is 0 Å². The number of hydrogen-bond donors (Lipinski definition) is 0. The zero-order valence-electron chi connectivity index (χ0n) is 7.92. The van der Waals surface area contributed by atoms with Gasteiger partial charge in [0.1, 0.15) is 0 Å². The van der Waals surface area contributed by atoms with Crippen LogP contribution in [0.1, 0.15) is 0 Å². The highest BCUT2D eigenvalue weighted by molar-refractivity contribution is 5.65. The highest BCUT2D eigenvalue weighted by atomic mass is 19.4. The van der Waals surface area contributed by atoms with Gasteiger partial charge in [-0.3, -0.25) is 0 Å². The van der Waals surface area contributed by atoms with Crippen LogP contribution in [0.2, 0.25) is 0 Å². The van der Waals surface area contributed by atoms with Crippen molar-refractivity contribution in [3.8, 4) is 0 Å². The Bertz CT molecular complexity index is 326. The average molecular weight is 315 g/mol. The maximum Gasteiger partial charge on any atom is 0.513 e. The molecule has 114 valence electrons. The Hall–Kier alpha value is -1.34. The van der Waals surface area contributed by atoms with E-state index in [-0.39, 0.29) is 0 Å². The van der Waals surface area contributed by atoms with Crippen molar-refractivity contribution in [1.29, 1.82) is 0 Å². The molecule has 0 saturated carbocycles. The minimum absolute atomic E-state index is 1.86. The lowest BCUT2D eigenvalue weighted by molar-refractivity contribution is -0.501. The van der Waals surface area contributed by atoms with E-state index in [4.69, 9.17) is 0 Å². The van der Waals surface area contributed by atoms with Crippen LogP contribution in [0.5, 0.6) is 0 Å². The van der Waals surface area contributed by atoms with Crippen molar-refractivity contribution in [3.05, 3.63) is 0 Å². The summed E-state index contributed by atoms with van der Waals surface area (Å²) >= 11 is 0. The number of hydroxylamine groups is 2. The third kappa shape index (κ3) is 3.57. The second-order valence-electron chi connectivity index (χ2n) is 2.70. The Morgan fingerprint density at radius 1 is 0.789 bits per heavy atom. The fourth-order valence-electron chi connectivity index (χ4n) is 0.577. The molecule has 19 heavy (non-hydrogen) atoms. The summed E-state index contributed by atoms with van der Waals surface area (Å²) in [5.74, 6) is -6.92. The predicted molar refractivity (Wildman–Crippen MR) is 31.4 cm³/mol. The van der Waals surface area contributed by atoms with Crippen LogP contribution in [0, 0.1) is 0 Å². The van der Waals surface area contributed by atoms with Crippen molar-refractivity contribution in [2.24, 2.45) is 0 Å². The number of amides is 1. The van der Waals surface area contributed by atoms with Crippen molar-refractivity contribution >= 4 is 6.16 Å². The first-order chi connectivity index (χ1) is 8.04. The molecule has 0 heterocycles. The first-order valence-corrected chi connectivity index (χ1v) is 3.62. The normalized spacial score (nSPS) is 14.5. The molecule has 0 spiro atoms. The molecule has 0 aromatic rings. The summed E-state index contributed by atoms with van der Waals surface area (Å²) in [6.45, 7) is 0. The Balaban J connectivity index is 5.65. The van der Waals surface area contributed by atoms with Crippen LogP contribution < -0.4 is 0 Å². The monoisotopic (exact) mass is 315 g/mol. The van der Waals surface area contributed by atoms with Crippen molar-refractivity contribution in [2.75, 3.05) is 0 Å². The van der Waals surface area contributed by atoms with Crippen LogP contribution >= 0.6 is 0 Å². The average Bonchev–Trinajstić information content (AvgIpc) is 2.07. The van der Waals surface area contributed by atoms with Gasteiger partial charge in [0, 0.05) is 0 Å². The zero-order valence-corrected chi connectivity index (χ0v) is 7.92. The second-order valence-corrected chi connectivity index (χ2v) is 2.70. The Labute approximate surface area is 95.0 Å². The van der Waals surface area contributed by atoms with E-state index >= 15 is 0 Å². The predicted octanol–water partition coefficient (Wildman–Crippen LogP) is 3.62. The van der Waals surface area contributed by atoms with Gasteiger partial charge >= 0.3 is 30.7 Å². The standard InChI is InChI=1S/C5F11NO2/c6-1(18)17(5(14,15)16)19-2(7,3(8,9)10)4(11,12)13. The highest BCUT2D eigenvalue weighted by Crippen LogP contribution is 2.48. The SMILES string of the molecule is O=C(F)N(OC(F)(C(F)(F)F)C(F)(F)F)C(F)(F)F. The van der Waals surface area contributed by atoms with Gasteiger partial charge in [0.25, 0.3) is 0 Å². The van der Waals surface area contributed by atoms with E-state index in [1.807, 2.05) is 4.84 Å². The van der Waals surface area contributed by atoms with E-state index in [1.54, 1.807) is 0 Å². The maximum absolute atomic E-state index is 12.6. The van der Waals surface area contributed by atoms with Crippen LogP contribution in [-0.2, 0) is 4.84 Å².